The Balaban J connectivity index is 2.06. The number of carbonyl (C=O) groups excluding carboxylic acids is 1. The number of nitrogens with zero attached hydrogens (tertiary/aromatic N) is 1. The van der Waals surface area contributed by atoms with Gasteiger partial charge in [-0.2, -0.15) is 0 Å². The Bertz CT molecular complexity index is 657. The molecule has 0 bridgehead atoms. The zero-order chi connectivity index (χ0) is 14.5. The molecule has 6 heteroatoms. The third kappa shape index (κ3) is 3.42. The molecule has 0 radical (unpaired) electrons. The third-order valence-corrected chi connectivity index (χ3v) is 3.28. The summed E-state index contributed by atoms with van der Waals surface area (Å²) in [6.45, 7) is -0.0121. The Morgan fingerprint density at radius 3 is 2.65 bits per heavy atom. The van der Waals surface area contributed by atoms with Crippen molar-refractivity contribution >= 4 is 27.6 Å². The normalized spacial score (nSPS) is 10.1. The Morgan fingerprint density at radius 2 is 1.95 bits per heavy atom. The first-order valence-corrected chi connectivity index (χ1v) is 6.52. The summed E-state index contributed by atoms with van der Waals surface area (Å²) in [5.41, 5.74) is 0.956. The van der Waals surface area contributed by atoms with E-state index in [0.717, 1.165) is 0 Å². The average molecular weight is 336 g/mol. The topological polar surface area (TPSA) is 69.4 Å². The summed E-state index contributed by atoms with van der Waals surface area (Å²) in [4.78, 5) is 22.0. The van der Waals surface area contributed by atoms with Gasteiger partial charge in [0.1, 0.15) is 6.61 Å². The summed E-state index contributed by atoms with van der Waals surface area (Å²) in [5.74, 6) is -0.482. The molecule has 0 spiro atoms. The van der Waals surface area contributed by atoms with Crippen LogP contribution in [0.2, 0.25) is 0 Å². The minimum absolute atomic E-state index is 0.0121. The molecule has 0 amide bonds. The molecule has 0 N–H and O–H groups in total. The van der Waals surface area contributed by atoms with Crippen LogP contribution in [-0.2, 0) is 11.3 Å². The molecule has 20 heavy (non-hydrogen) atoms. The van der Waals surface area contributed by atoms with E-state index in [1.165, 1.54) is 12.1 Å². The van der Waals surface area contributed by atoms with Crippen molar-refractivity contribution in [2.24, 2.45) is 0 Å². The van der Waals surface area contributed by atoms with E-state index in [0.29, 0.717) is 15.6 Å². The van der Waals surface area contributed by atoms with Gasteiger partial charge in [-0.15, -0.1) is 0 Å². The molecule has 2 aromatic carbocycles. The Hall–Kier alpha value is -2.21. The van der Waals surface area contributed by atoms with Gasteiger partial charge in [0.25, 0.3) is 5.69 Å². The van der Waals surface area contributed by atoms with E-state index >= 15 is 0 Å². The quantitative estimate of drug-likeness (QED) is 0.485. The minimum atomic E-state index is -0.487. The number of non-ortho nitro benzene ring substituents is 1. The lowest BCUT2D eigenvalue weighted by Gasteiger charge is -2.06. The maximum absolute atomic E-state index is 11.9. The third-order valence-electron chi connectivity index (χ3n) is 2.59. The van der Waals surface area contributed by atoms with Crippen molar-refractivity contribution in [3.63, 3.8) is 0 Å². The molecule has 5 nitrogen and oxygen atoms in total. The molecule has 0 saturated heterocycles. The highest BCUT2D eigenvalue weighted by molar-refractivity contribution is 9.10. The SMILES string of the molecule is O=C(OCc1cccc([N+](=O)[O-])c1)c1ccccc1Br. The largest absolute Gasteiger partial charge is 0.457 e. The molecular formula is C14H10BrNO4. The van der Waals surface area contributed by atoms with Gasteiger partial charge in [-0.3, -0.25) is 10.1 Å². The molecule has 0 aromatic heterocycles. The Kier molecular flexibility index (Phi) is 4.47. The summed E-state index contributed by atoms with van der Waals surface area (Å²) < 4.78 is 5.78. The molecule has 102 valence electrons. The van der Waals surface area contributed by atoms with Crippen LogP contribution < -0.4 is 0 Å². The standard InChI is InChI=1S/C14H10BrNO4/c15-13-7-2-1-6-12(13)14(17)20-9-10-4-3-5-11(8-10)16(18)19/h1-8H,9H2. The fourth-order valence-electron chi connectivity index (χ4n) is 1.61. The maximum Gasteiger partial charge on any atom is 0.339 e. The highest BCUT2D eigenvalue weighted by Gasteiger charge is 2.12. The lowest BCUT2D eigenvalue weighted by Crippen LogP contribution is -2.06. The van der Waals surface area contributed by atoms with Crippen molar-refractivity contribution in [2.75, 3.05) is 0 Å². The van der Waals surface area contributed by atoms with Gasteiger partial charge in [-0.1, -0.05) is 24.3 Å². The molecule has 0 aliphatic rings. The van der Waals surface area contributed by atoms with Gasteiger partial charge in [0.2, 0.25) is 0 Å². The Morgan fingerprint density at radius 1 is 1.20 bits per heavy atom. The van der Waals surface area contributed by atoms with Crippen molar-refractivity contribution in [1.29, 1.82) is 0 Å². The lowest BCUT2D eigenvalue weighted by molar-refractivity contribution is -0.384. The van der Waals surface area contributed by atoms with Crippen LogP contribution in [0, 0.1) is 10.1 Å². The number of rotatable bonds is 4. The number of benzene rings is 2. The molecule has 0 aliphatic heterocycles. The van der Waals surface area contributed by atoms with Crippen molar-refractivity contribution in [1.82, 2.24) is 0 Å². The van der Waals surface area contributed by atoms with Crippen molar-refractivity contribution in [3.05, 3.63) is 74.2 Å². The van der Waals surface area contributed by atoms with E-state index in [1.807, 2.05) is 0 Å². The summed E-state index contributed by atoms with van der Waals surface area (Å²) in [6.07, 6.45) is 0. The zero-order valence-corrected chi connectivity index (χ0v) is 11.9. The van der Waals surface area contributed by atoms with Gasteiger partial charge < -0.3 is 4.74 Å². The summed E-state index contributed by atoms with van der Waals surface area (Å²) in [6, 6.07) is 12.9. The monoisotopic (exact) mass is 335 g/mol. The van der Waals surface area contributed by atoms with Crippen LogP contribution in [0.3, 0.4) is 0 Å². The first kappa shape index (κ1) is 14.2. The fraction of sp³-hybridized carbons (Fsp3) is 0.0714. The molecule has 0 heterocycles. The fourth-order valence-corrected chi connectivity index (χ4v) is 2.06. The highest BCUT2D eigenvalue weighted by atomic mass is 79.9. The minimum Gasteiger partial charge on any atom is -0.457 e. The van der Waals surface area contributed by atoms with Gasteiger partial charge in [-0.25, -0.2) is 4.79 Å². The molecule has 0 atom stereocenters. The predicted octanol–water partition coefficient (Wildman–Crippen LogP) is 3.71. The highest BCUT2D eigenvalue weighted by Crippen LogP contribution is 2.18. The van der Waals surface area contributed by atoms with Crippen LogP contribution in [0.25, 0.3) is 0 Å². The van der Waals surface area contributed by atoms with Crippen molar-refractivity contribution < 1.29 is 14.5 Å². The summed E-state index contributed by atoms with van der Waals surface area (Å²) in [7, 11) is 0. The van der Waals surface area contributed by atoms with Gasteiger partial charge >= 0.3 is 5.97 Å². The number of nitro benzene ring substituents is 1. The smallest absolute Gasteiger partial charge is 0.339 e. The summed E-state index contributed by atoms with van der Waals surface area (Å²) >= 11 is 3.26. The molecule has 2 aromatic rings. The molecule has 0 aliphatic carbocycles. The van der Waals surface area contributed by atoms with Crippen LogP contribution in [0.15, 0.2) is 53.0 Å². The van der Waals surface area contributed by atoms with Gasteiger partial charge in [0.05, 0.1) is 10.5 Å². The van der Waals surface area contributed by atoms with E-state index in [1.54, 1.807) is 36.4 Å². The Labute approximate surface area is 123 Å². The van der Waals surface area contributed by atoms with Crippen LogP contribution in [-0.4, -0.2) is 10.9 Å². The van der Waals surface area contributed by atoms with Gasteiger partial charge in [-0.05, 0) is 33.6 Å². The van der Waals surface area contributed by atoms with E-state index in [2.05, 4.69) is 15.9 Å². The van der Waals surface area contributed by atoms with Crippen molar-refractivity contribution in [2.45, 2.75) is 6.61 Å². The van der Waals surface area contributed by atoms with E-state index in [4.69, 9.17) is 4.74 Å². The van der Waals surface area contributed by atoms with Crippen molar-refractivity contribution in [3.8, 4) is 0 Å². The number of hydrogen-bond acceptors (Lipinski definition) is 4. The van der Waals surface area contributed by atoms with Crippen LogP contribution in [0.5, 0.6) is 0 Å². The average Bonchev–Trinajstić information content (AvgIpc) is 2.45. The first-order chi connectivity index (χ1) is 9.58. The number of esters is 1. The second-order valence-electron chi connectivity index (χ2n) is 3.98. The second-order valence-corrected chi connectivity index (χ2v) is 4.84. The first-order valence-electron chi connectivity index (χ1n) is 5.73. The van der Waals surface area contributed by atoms with E-state index in [9.17, 15) is 14.9 Å². The number of hydrogen-bond donors (Lipinski definition) is 0. The number of nitro groups is 1. The van der Waals surface area contributed by atoms with Crippen LogP contribution in [0.4, 0.5) is 5.69 Å². The zero-order valence-electron chi connectivity index (χ0n) is 10.3. The van der Waals surface area contributed by atoms with E-state index in [-0.39, 0.29) is 12.3 Å². The second kappa shape index (κ2) is 6.29. The van der Waals surface area contributed by atoms with Crippen LogP contribution >= 0.6 is 15.9 Å². The van der Waals surface area contributed by atoms with E-state index < -0.39 is 10.9 Å². The molecule has 0 saturated carbocycles. The lowest BCUT2D eigenvalue weighted by atomic mass is 10.2. The predicted molar refractivity (Wildman–Crippen MR) is 76.4 cm³/mol. The molecule has 2 rings (SSSR count). The molecular weight excluding hydrogens is 326 g/mol. The molecule has 0 fully saturated rings. The maximum atomic E-state index is 11.9. The van der Waals surface area contributed by atoms with Gasteiger partial charge in [0, 0.05) is 16.6 Å². The number of carbonyl (C=O) groups is 1. The number of halogens is 1. The van der Waals surface area contributed by atoms with Gasteiger partial charge in [0.15, 0.2) is 0 Å². The number of ether oxygens (including phenoxy) is 1. The van der Waals surface area contributed by atoms with Crippen LogP contribution in [0.1, 0.15) is 15.9 Å². The summed E-state index contributed by atoms with van der Waals surface area (Å²) in [5, 5.41) is 10.6. The molecule has 0 unspecified atom stereocenters.